The van der Waals surface area contributed by atoms with Crippen molar-refractivity contribution in [3.05, 3.63) is 139 Å². The summed E-state index contributed by atoms with van der Waals surface area (Å²) in [5.41, 5.74) is 15.7. The van der Waals surface area contributed by atoms with Crippen LogP contribution in [0.25, 0.3) is 80.7 Å². The molecule has 0 amide bonds. The van der Waals surface area contributed by atoms with Crippen LogP contribution in [0.5, 0.6) is 0 Å². The highest BCUT2D eigenvalue weighted by atomic mass is 32.1. The molecule has 1 aliphatic rings. The van der Waals surface area contributed by atoms with Gasteiger partial charge in [0.2, 0.25) is 0 Å². The maximum absolute atomic E-state index is 6.51. The van der Waals surface area contributed by atoms with Gasteiger partial charge in [-0.2, -0.15) is 0 Å². The fraction of sp³-hybridized carbons (Fsp3) is 0.160. The Morgan fingerprint density at radius 1 is 0.564 bits per heavy atom. The predicted octanol–water partition coefficient (Wildman–Crippen LogP) is 12.8. The quantitative estimate of drug-likeness (QED) is 0.184. The van der Waals surface area contributed by atoms with Gasteiger partial charge in [0.05, 0.1) is 5.52 Å². The van der Waals surface area contributed by atoms with Crippen LogP contribution in [0.1, 0.15) is 52.7 Å². The van der Waals surface area contributed by atoms with Crippen molar-refractivity contribution < 1.29 is 4.42 Å². The first-order chi connectivity index (χ1) is 26.5. The van der Waals surface area contributed by atoms with Crippen molar-refractivity contribution in [3.8, 4) is 16.8 Å². The Morgan fingerprint density at radius 3 is 2.11 bits per heavy atom. The molecule has 0 fully saturated rings. The van der Waals surface area contributed by atoms with Crippen LogP contribution >= 0.6 is 11.3 Å². The summed E-state index contributed by atoms with van der Waals surface area (Å²) in [4.78, 5) is 0. The monoisotopic (exact) mass is 728 g/mol. The summed E-state index contributed by atoms with van der Waals surface area (Å²) in [6.45, 7) is 13.7. The van der Waals surface area contributed by atoms with Gasteiger partial charge >= 0.3 is 0 Å². The Kier molecular flexibility index (Phi) is 6.75. The van der Waals surface area contributed by atoms with Gasteiger partial charge in [0.15, 0.2) is 7.28 Å². The van der Waals surface area contributed by atoms with Crippen LogP contribution in [0.3, 0.4) is 0 Å². The van der Waals surface area contributed by atoms with E-state index < -0.39 is 0 Å². The third-order valence-corrected chi connectivity index (χ3v) is 13.1. The minimum absolute atomic E-state index is 0.00805. The number of fused-ring (bicyclic) bond motifs is 11. The molecule has 0 atom stereocenters. The lowest BCUT2D eigenvalue weighted by Gasteiger charge is -2.26. The van der Waals surface area contributed by atoms with E-state index in [0.717, 1.165) is 40.6 Å². The minimum atomic E-state index is -0.00805. The first-order valence-electron chi connectivity index (χ1n) is 19.4. The first kappa shape index (κ1) is 32.6. The molecule has 0 saturated carbocycles. The van der Waals surface area contributed by atoms with Crippen molar-refractivity contribution in [2.75, 3.05) is 5.32 Å². The lowest BCUT2D eigenvalue weighted by atomic mass is 9.59. The zero-order chi connectivity index (χ0) is 37.4. The molecule has 3 nitrogen and oxygen atoms in total. The lowest BCUT2D eigenvalue weighted by molar-refractivity contribution is 0.590. The summed E-state index contributed by atoms with van der Waals surface area (Å²) in [5.74, 6) is 0. The molecule has 0 saturated heterocycles. The number of rotatable bonds is 3. The second kappa shape index (κ2) is 11.4. The third kappa shape index (κ3) is 4.95. The summed E-state index contributed by atoms with van der Waals surface area (Å²) >= 11 is 1.89. The van der Waals surface area contributed by atoms with Crippen molar-refractivity contribution in [3.63, 3.8) is 0 Å². The molecule has 1 aliphatic heterocycles. The normalized spacial score (nSPS) is 13.1. The highest BCUT2D eigenvalue weighted by molar-refractivity contribution is 7.25. The van der Waals surface area contributed by atoms with Gasteiger partial charge in [-0.3, -0.25) is 0 Å². The summed E-state index contributed by atoms with van der Waals surface area (Å²) in [7, 11) is 0.808. The fourth-order valence-corrected chi connectivity index (χ4v) is 10.1. The molecule has 0 unspecified atom stereocenters. The van der Waals surface area contributed by atoms with Crippen LogP contribution in [0, 0.1) is 0 Å². The van der Waals surface area contributed by atoms with Crippen LogP contribution in [0.4, 0.5) is 11.4 Å². The zero-order valence-electron chi connectivity index (χ0n) is 32.1. The van der Waals surface area contributed by atoms with E-state index >= 15 is 0 Å². The van der Waals surface area contributed by atoms with Gasteiger partial charge in [0.25, 0.3) is 0 Å². The molecule has 0 spiro atoms. The van der Waals surface area contributed by atoms with E-state index in [4.69, 9.17) is 4.42 Å². The molecule has 11 rings (SSSR count). The second-order valence-electron chi connectivity index (χ2n) is 17.5. The summed E-state index contributed by atoms with van der Waals surface area (Å²) < 4.78 is 11.7. The van der Waals surface area contributed by atoms with Gasteiger partial charge in [-0.25, -0.2) is 0 Å². The van der Waals surface area contributed by atoms with Gasteiger partial charge in [0, 0.05) is 69.9 Å². The number of thiophene rings is 1. The van der Waals surface area contributed by atoms with Gasteiger partial charge < -0.3 is 14.3 Å². The van der Waals surface area contributed by atoms with E-state index in [0.29, 0.717) is 0 Å². The number of anilines is 2. The fourth-order valence-electron chi connectivity index (χ4n) is 8.97. The number of furan rings is 1. The standard InChI is InChI=1S/C50H41BN2OS/c1-49(2,3)28-15-18-30(19-16-28)52-40-22-17-29(50(4,5)6)23-35(40)33-20-21-34-36-26-46-38(32-12-8-10-14-45(32)55-46)25-41(36)53-42-24-37-31-11-7-9-13-43(31)54-44(37)27-39(42)51-47(33)48(34)53/h7-27,51-52H,1-6H3. The number of nitrogens with one attached hydrogen (secondary N) is 1. The SMILES string of the molecule is CC(C)(C)c1ccc(Nc2ccc(C(C)(C)C)cc2-c2ccc3c4cc5sc6ccccc6c5cc4n4c3c2Bc2cc3oc5ccccc5c3cc2-4)cc1. The van der Waals surface area contributed by atoms with Gasteiger partial charge in [0.1, 0.15) is 11.2 Å². The first-order valence-corrected chi connectivity index (χ1v) is 20.2. The number of hydrogen-bond donors (Lipinski definition) is 1. The van der Waals surface area contributed by atoms with Crippen molar-refractivity contribution in [1.29, 1.82) is 0 Å². The highest BCUT2D eigenvalue weighted by Crippen LogP contribution is 2.44. The number of hydrogen-bond acceptors (Lipinski definition) is 3. The number of benzene rings is 7. The topological polar surface area (TPSA) is 30.1 Å². The Morgan fingerprint density at radius 2 is 1.31 bits per heavy atom. The highest BCUT2D eigenvalue weighted by Gasteiger charge is 2.29. The zero-order valence-corrected chi connectivity index (χ0v) is 32.9. The largest absolute Gasteiger partial charge is 0.456 e. The molecule has 1 N–H and O–H groups in total. The van der Waals surface area contributed by atoms with E-state index in [2.05, 4.69) is 179 Å². The van der Waals surface area contributed by atoms with Gasteiger partial charge in [-0.1, -0.05) is 114 Å². The van der Waals surface area contributed by atoms with Crippen molar-refractivity contribution in [2.45, 2.75) is 52.4 Å². The second-order valence-corrected chi connectivity index (χ2v) is 18.6. The number of para-hydroxylation sites is 1. The molecule has 0 aliphatic carbocycles. The third-order valence-electron chi connectivity index (χ3n) is 11.9. The summed E-state index contributed by atoms with van der Waals surface area (Å²) in [6, 6.07) is 47.6. The van der Waals surface area contributed by atoms with Crippen molar-refractivity contribution in [1.82, 2.24) is 4.57 Å². The number of aromatic nitrogens is 1. The summed E-state index contributed by atoms with van der Waals surface area (Å²) in [6.07, 6.45) is 0. The molecule has 0 bridgehead atoms. The average Bonchev–Trinajstić information content (AvgIpc) is 3.82. The van der Waals surface area contributed by atoms with Crippen LogP contribution < -0.4 is 16.2 Å². The minimum Gasteiger partial charge on any atom is -0.456 e. The molecule has 0 radical (unpaired) electrons. The smallest absolute Gasteiger partial charge is 0.198 e. The van der Waals surface area contributed by atoms with E-state index in [1.165, 1.54) is 80.8 Å². The van der Waals surface area contributed by atoms with Crippen LogP contribution in [-0.2, 0) is 10.8 Å². The Labute approximate surface area is 325 Å². The molecule has 5 heteroatoms. The van der Waals surface area contributed by atoms with E-state index in [-0.39, 0.29) is 10.8 Å². The average molecular weight is 729 g/mol. The van der Waals surface area contributed by atoms with Crippen molar-refractivity contribution in [2.24, 2.45) is 0 Å². The molecule has 3 aromatic heterocycles. The molecule has 266 valence electrons. The molecule has 10 aromatic rings. The molecular formula is C50H41BN2OS. The predicted molar refractivity (Wildman–Crippen MR) is 240 cm³/mol. The summed E-state index contributed by atoms with van der Waals surface area (Å²) in [5, 5.41) is 11.4. The van der Waals surface area contributed by atoms with Gasteiger partial charge in [-0.05, 0) is 93.6 Å². The van der Waals surface area contributed by atoms with Crippen LogP contribution in [0.2, 0.25) is 0 Å². The number of nitrogens with zero attached hydrogens (tertiary/aromatic N) is 1. The molecule has 4 heterocycles. The maximum atomic E-state index is 6.51. The van der Waals surface area contributed by atoms with E-state index in [9.17, 15) is 0 Å². The van der Waals surface area contributed by atoms with E-state index in [1.807, 2.05) is 11.3 Å². The Bertz CT molecular complexity index is 3220. The Balaban J connectivity index is 1.20. The molecule has 7 aromatic carbocycles. The van der Waals surface area contributed by atoms with Crippen LogP contribution in [0.15, 0.2) is 132 Å². The molecular weight excluding hydrogens is 687 g/mol. The van der Waals surface area contributed by atoms with E-state index in [1.54, 1.807) is 0 Å². The maximum Gasteiger partial charge on any atom is 0.198 e. The Hall–Kier alpha value is -5.78. The van der Waals surface area contributed by atoms with Crippen LogP contribution in [-0.4, -0.2) is 11.8 Å². The van der Waals surface area contributed by atoms with Crippen molar-refractivity contribution >= 4 is 105 Å². The van der Waals surface area contributed by atoms with Gasteiger partial charge in [-0.15, -0.1) is 11.3 Å². The lowest BCUT2D eigenvalue weighted by Crippen LogP contribution is -2.37. The molecule has 55 heavy (non-hydrogen) atoms.